The van der Waals surface area contributed by atoms with E-state index in [0.717, 1.165) is 0 Å². The topological polar surface area (TPSA) is 126 Å². The van der Waals surface area contributed by atoms with Crippen molar-refractivity contribution < 1.29 is 23.4 Å². The second-order valence-corrected chi connectivity index (χ2v) is 10.3. The molecular weight excluding hydrogens is 452 g/mol. The Bertz CT molecular complexity index is 1400. The van der Waals surface area contributed by atoms with Crippen molar-refractivity contribution in [2.45, 2.75) is 31.3 Å². The van der Waals surface area contributed by atoms with Crippen molar-refractivity contribution >= 4 is 32.0 Å². The lowest BCUT2D eigenvalue weighted by atomic mass is 10.1. The molecule has 0 bridgehead atoms. The lowest BCUT2D eigenvalue weighted by molar-refractivity contribution is 0.0773. The number of nitrogens with zero attached hydrogens (tertiary/aromatic N) is 3. The van der Waals surface area contributed by atoms with Gasteiger partial charge in [-0.05, 0) is 63.2 Å². The van der Waals surface area contributed by atoms with E-state index in [1.54, 1.807) is 30.5 Å². The minimum absolute atomic E-state index is 0.0291. The van der Waals surface area contributed by atoms with E-state index < -0.39 is 15.6 Å². The lowest BCUT2D eigenvalue weighted by Gasteiger charge is -2.14. The Morgan fingerprint density at radius 2 is 1.84 bits per heavy atom. The number of fused-ring (bicyclic) bond motifs is 1. The number of anilines is 1. The number of methoxy groups -OCH3 is 1. The second-order valence-electron chi connectivity index (χ2n) is 7.72. The summed E-state index contributed by atoms with van der Waals surface area (Å²) in [5, 5.41) is 24.7. The van der Waals surface area contributed by atoms with Gasteiger partial charge in [-0.3, -0.25) is 4.72 Å². The molecule has 3 N–H and O–H groups in total. The number of aliphatic hydroxyl groups is 1. The van der Waals surface area contributed by atoms with Gasteiger partial charge in [-0.25, -0.2) is 17.9 Å². The number of aryl methyl sites for hydroxylation is 1. The fraction of sp³-hybridized carbons (Fsp3) is 0.238. The van der Waals surface area contributed by atoms with Gasteiger partial charge >= 0.3 is 0 Å². The van der Waals surface area contributed by atoms with Crippen LogP contribution in [0.3, 0.4) is 0 Å². The van der Waals surface area contributed by atoms with Gasteiger partial charge in [0.25, 0.3) is 10.0 Å². The molecule has 0 spiro atoms. The van der Waals surface area contributed by atoms with Crippen molar-refractivity contribution in [2.24, 2.45) is 0 Å². The van der Waals surface area contributed by atoms with Crippen molar-refractivity contribution in [3.8, 4) is 22.8 Å². The predicted octanol–water partition coefficient (Wildman–Crippen LogP) is 3.51. The van der Waals surface area contributed by atoms with E-state index >= 15 is 0 Å². The van der Waals surface area contributed by atoms with Crippen LogP contribution in [0.4, 0.5) is 5.69 Å². The average molecular weight is 475 g/mol. The zero-order chi connectivity index (χ0) is 23.3. The van der Waals surface area contributed by atoms with E-state index in [1.807, 2.05) is 6.92 Å². The number of hydrogen-bond acceptors (Lipinski definition) is 8. The molecule has 2 aromatic carbocycles. The smallest absolute Gasteiger partial charge is 0.265 e. The fourth-order valence-electron chi connectivity index (χ4n) is 3.20. The van der Waals surface area contributed by atoms with E-state index in [-0.39, 0.29) is 16.4 Å². The van der Waals surface area contributed by atoms with Gasteiger partial charge in [0, 0.05) is 11.3 Å². The van der Waals surface area contributed by atoms with E-state index in [2.05, 4.69) is 14.8 Å². The standard InChI is InChI=1S/C21H22N4O5S2/c1-12-18(25-20(22-12)31-19(23-25)21(2,3)27)13-5-10-16(30-4)17(11-13)32(28,29)24-14-6-8-15(26)9-7-14/h5-11,24,26-27H,1-4H3. The maximum absolute atomic E-state index is 13.1. The predicted molar refractivity (Wildman–Crippen MR) is 122 cm³/mol. The van der Waals surface area contributed by atoms with Crippen LogP contribution in [0, 0.1) is 6.92 Å². The van der Waals surface area contributed by atoms with Gasteiger partial charge in [0.2, 0.25) is 4.96 Å². The molecule has 0 radical (unpaired) electrons. The van der Waals surface area contributed by atoms with Crippen LogP contribution in [0.1, 0.15) is 24.5 Å². The minimum Gasteiger partial charge on any atom is -0.508 e. The molecule has 0 unspecified atom stereocenters. The molecule has 32 heavy (non-hydrogen) atoms. The van der Waals surface area contributed by atoms with Gasteiger partial charge in [-0.2, -0.15) is 5.10 Å². The lowest BCUT2D eigenvalue weighted by Crippen LogP contribution is -2.15. The van der Waals surface area contributed by atoms with Gasteiger partial charge in [0.1, 0.15) is 27.0 Å². The molecule has 9 nitrogen and oxygen atoms in total. The maximum Gasteiger partial charge on any atom is 0.265 e. The van der Waals surface area contributed by atoms with Crippen LogP contribution in [-0.4, -0.2) is 40.3 Å². The van der Waals surface area contributed by atoms with Crippen molar-refractivity contribution in [1.82, 2.24) is 14.6 Å². The van der Waals surface area contributed by atoms with Gasteiger partial charge in [-0.1, -0.05) is 11.3 Å². The highest BCUT2D eigenvalue weighted by Gasteiger charge is 2.26. The number of ether oxygens (including phenoxy) is 1. The average Bonchev–Trinajstić information content (AvgIpc) is 3.26. The molecule has 11 heteroatoms. The largest absolute Gasteiger partial charge is 0.508 e. The van der Waals surface area contributed by atoms with E-state index in [9.17, 15) is 18.6 Å². The number of imidazole rings is 1. The number of nitrogens with one attached hydrogen (secondary N) is 1. The summed E-state index contributed by atoms with van der Waals surface area (Å²) < 4.78 is 35.7. The molecule has 4 rings (SSSR count). The molecule has 0 amide bonds. The van der Waals surface area contributed by atoms with Gasteiger partial charge in [0.15, 0.2) is 0 Å². The van der Waals surface area contributed by atoms with E-state index in [0.29, 0.717) is 32.6 Å². The molecule has 168 valence electrons. The third-order valence-corrected chi connectivity index (χ3v) is 7.37. The SMILES string of the molecule is COc1ccc(-c2c(C)nc3sc(C(C)(C)O)nn23)cc1S(=O)(=O)Nc1ccc(O)cc1. The molecule has 4 aromatic rings. The Balaban J connectivity index is 1.83. The Labute approximate surface area is 189 Å². The Kier molecular flexibility index (Phi) is 5.35. The summed E-state index contributed by atoms with van der Waals surface area (Å²) in [5.41, 5.74) is 1.04. The molecule has 0 atom stereocenters. The number of aromatic nitrogens is 3. The van der Waals surface area contributed by atoms with Crippen LogP contribution in [0.25, 0.3) is 16.2 Å². The van der Waals surface area contributed by atoms with Crippen LogP contribution >= 0.6 is 11.3 Å². The van der Waals surface area contributed by atoms with Crippen LogP contribution in [0.2, 0.25) is 0 Å². The molecule has 0 fully saturated rings. The number of sulfonamides is 1. The molecule has 2 aromatic heterocycles. The Morgan fingerprint density at radius 3 is 2.47 bits per heavy atom. The summed E-state index contributed by atoms with van der Waals surface area (Å²) in [6.07, 6.45) is 0. The van der Waals surface area contributed by atoms with E-state index in [4.69, 9.17) is 4.74 Å². The van der Waals surface area contributed by atoms with Crippen LogP contribution < -0.4 is 9.46 Å². The highest BCUT2D eigenvalue weighted by atomic mass is 32.2. The zero-order valence-electron chi connectivity index (χ0n) is 17.8. The normalized spacial score (nSPS) is 12.3. The van der Waals surface area contributed by atoms with E-state index in [1.165, 1.54) is 48.8 Å². The van der Waals surface area contributed by atoms with Crippen molar-refractivity contribution in [2.75, 3.05) is 11.8 Å². The highest BCUT2D eigenvalue weighted by molar-refractivity contribution is 7.92. The summed E-state index contributed by atoms with van der Waals surface area (Å²) in [4.78, 5) is 5.06. The number of benzene rings is 2. The summed E-state index contributed by atoms with van der Waals surface area (Å²) in [7, 11) is -2.62. The first-order chi connectivity index (χ1) is 15.0. The first kappa shape index (κ1) is 22.1. The van der Waals surface area contributed by atoms with Crippen molar-refractivity contribution in [1.29, 1.82) is 0 Å². The van der Waals surface area contributed by atoms with Gasteiger partial charge in [0.05, 0.1) is 18.5 Å². The van der Waals surface area contributed by atoms with Crippen molar-refractivity contribution in [3.63, 3.8) is 0 Å². The first-order valence-electron chi connectivity index (χ1n) is 9.59. The molecular formula is C21H22N4O5S2. The number of rotatable bonds is 6. The quantitative estimate of drug-likeness (QED) is 0.365. The molecule has 0 aliphatic rings. The third-order valence-electron chi connectivity index (χ3n) is 4.75. The zero-order valence-corrected chi connectivity index (χ0v) is 19.5. The summed E-state index contributed by atoms with van der Waals surface area (Å²) in [5.74, 6) is 0.204. The number of phenols is 1. The van der Waals surface area contributed by atoms with Gasteiger partial charge in [-0.15, -0.1) is 0 Å². The van der Waals surface area contributed by atoms with Crippen molar-refractivity contribution in [3.05, 3.63) is 53.2 Å². The first-order valence-corrected chi connectivity index (χ1v) is 11.9. The summed E-state index contributed by atoms with van der Waals surface area (Å²) in [6.45, 7) is 5.10. The van der Waals surface area contributed by atoms with Crippen LogP contribution in [0.5, 0.6) is 11.5 Å². The van der Waals surface area contributed by atoms with Crippen LogP contribution in [0.15, 0.2) is 47.4 Å². The number of aromatic hydroxyl groups is 1. The Hall–Kier alpha value is -3.15. The molecule has 0 saturated heterocycles. The highest BCUT2D eigenvalue weighted by Crippen LogP contribution is 2.35. The summed E-state index contributed by atoms with van der Waals surface area (Å²) in [6, 6.07) is 10.5. The molecule has 2 heterocycles. The number of phenolic OH excluding ortho intramolecular Hbond substituents is 1. The second kappa shape index (κ2) is 7.76. The summed E-state index contributed by atoms with van der Waals surface area (Å²) >= 11 is 1.27. The molecule has 0 aliphatic heterocycles. The molecule has 0 aliphatic carbocycles. The monoisotopic (exact) mass is 474 g/mol. The fourth-order valence-corrected chi connectivity index (χ4v) is 5.40. The molecule has 0 saturated carbocycles. The van der Waals surface area contributed by atoms with Crippen LogP contribution in [-0.2, 0) is 15.6 Å². The third kappa shape index (κ3) is 4.01. The Morgan fingerprint density at radius 1 is 1.16 bits per heavy atom. The number of hydrogen-bond donors (Lipinski definition) is 3. The minimum atomic E-state index is -4.01. The maximum atomic E-state index is 13.1. The van der Waals surface area contributed by atoms with Gasteiger partial charge < -0.3 is 14.9 Å².